The van der Waals surface area contributed by atoms with E-state index in [0.29, 0.717) is 11.8 Å². The van der Waals surface area contributed by atoms with Crippen molar-refractivity contribution in [3.8, 4) is 11.5 Å². The van der Waals surface area contributed by atoms with Crippen molar-refractivity contribution in [2.24, 2.45) is 0 Å². The van der Waals surface area contributed by atoms with E-state index in [-0.39, 0.29) is 0 Å². The summed E-state index contributed by atoms with van der Waals surface area (Å²) in [5.74, 6) is 1.11. The van der Waals surface area contributed by atoms with Crippen molar-refractivity contribution in [2.45, 2.75) is 0 Å². The van der Waals surface area contributed by atoms with Gasteiger partial charge in [0.15, 0.2) is 0 Å². The lowest BCUT2D eigenvalue weighted by Gasteiger charge is -2.02. The van der Waals surface area contributed by atoms with E-state index in [9.17, 15) is 0 Å². The number of hydrogen-bond donors (Lipinski definition) is 1. The average Bonchev–Trinajstić information content (AvgIpc) is 2.78. The minimum absolute atomic E-state index is 0.534. The van der Waals surface area contributed by atoms with Gasteiger partial charge in [0, 0.05) is 32.4 Å². The fraction of sp³-hybridized carbons (Fsp3) is 0.273. The highest BCUT2D eigenvalue weighted by atomic mass is 16.5. The van der Waals surface area contributed by atoms with Gasteiger partial charge in [-0.1, -0.05) is 0 Å². The Bertz CT molecular complexity index is 461. The first-order valence-electron chi connectivity index (χ1n) is 5.00. The molecule has 1 aromatic heterocycles. The standard InChI is InChI=1S/C11H14N4O/c1-12-9-6-4-8(5-7-9)10-13-11(14-16-10)15(2)3/h4-7,12H,1-3H3. The van der Waals surface area contributed by atoms with Crippen LogP contribution in [0.3, 0.4) is 0 Å². The van der Waals surface area contributed by atoms with Crippen LogP contribution in [0.1, 0.15) is 0 Å². The van der Waals surface area contributed by atoms with Crippen LogP contribution in [0.4, 0.5) is 11.6 Å². The minimum atomic E-state index is 0.534. The van der Waals surface area contributed by atoms with Crippen LogP contribution < -0.4 is 10.2 Å². The zero-order chi connectivity index (χ0) is 11.5. The molecule has 5 nitrogen and oxygen atoms in total. The molecular weight excluding hydrogens is 204 g/mol. The normalized spacial score (nSPS) is 10.2. The third-order valence-corrected chi connectivity index (χ3v) is 2.24. The third kappa shape index (κ3) is 1.98. The van der Waals surface area contributed by atoms with Gasteiger partial charge in [0.25, 0.3) is 11.8 Å². The Morgan fingerprint density at radius 2 is 1.88 bits per heavy atom. The fourth-order valence-corrected chi connectivity index (χ4v) is 1.29. The Hall–Kier alpha value is -2.04. The highest BCUT2D eigenvalue weighted by Crippen LogP contribution is 2.21. The summed E-state index contributed by atoms with van der Waals surface area (Å²) < 4.78 is 5.16. The maximum atomic E-state index is 5.16. The van der Waals surface area contributed by atoms with Gasteiger partial charge in [-0.15, -0.1) is 0 Å². The van der Waals surface area contributed by atoms with E-state index in [2.05, 4.69) is 15.5 Å². The number of anilines is 2. The quantitative estimate of drug-likeness (QED) is 0.852. The van der Waals surface area contributed by atoms with Gasteiger partial charge >= 0.3 is 0 Å². The Morgan fingerprint density at radius 3 is 2.38 bits per heavy atom. The van der Waals surface area contributed by atoms with Gasteiger partial charge in [0.05, 0.1) is 0 Å². The molecule has 1 aromatic carbocycles. The van der Waals surface area contributed by atoms with Gasteiger partial charge in [-0.3, -0.25) is 0 Å². The Kier molecular flexibility index (Phi) is 2.76. The van der Waals surface area contributed by atoms with E-state index in [4.69, 9.17) is 4.52 Å². The lowest BCUT2D eigenvalue weighted by molar-refractivity contribution is 0.431. The molecule has 0 aliphatic rings. The lowest BCUT2D eigenvalue weighted by atomic mass is 10.2. The smallest absolute Gasteiger partial charge is 0.265 e. The molecule has 0 saturated carbocycles. The maximum Gasteiger partial charge on any atom is 0.265 e. The highest BCUT2D eigenvalue weighted by molar-refractivity contribution is 5.59. The maximum absolute atomic E-state index is 5.16. The Balaban J connectivity index is 2.28. The van der Waals surface area contributed by atoms with Crippen molar-refractivity contribution < 1.29 is 4.52 Å². The van der Waals surface area contributed by atoms with E-state index in [1.165, 1.54) is 0 Å². The number of nitrogens with zero attached hydrogens (tertiary/aromatic N) is 3. The molecule has 0 aliphatic heterocycles. The summed E-state index contributed by atoms with van der Waals surface area (Å²) in [6.45, 7) is 0. The molecule has 0 radical (unpaired) electrons. The van der Waals surface area contributed by atoms with E-state index in [1.807, 2.05) is 45.4 Å². The van der Waals surface area contributed by atoms with Crippen LogP contribution in [0.15, 0.2) is 28.8 Å². The van der Waals surface area contributed by atoms with Gasteiger partial charge in [-0.2, -0.15) is 4.98 Å². The molecule has 0 spiro atoms. The summed E-state index contributed by atoms with van der Waals surface area (Å²) >= 11 is 0. The number of rotatable bonds is 3. The molecule has 0 atom stereocenters. The molecule has 5 heteroatoms. The molecule has 1 heterocycles. The minimum Gasteiger partial charge on any atom is -0.388 e. The average molecular weight is 218 g/mol. The molecule has 2 aromatic rings. The summed E-state index contributed by atoms with van der Waals surface area (Å²) in [6.07, 6.45) is 0. The second-order valence-corrected chi connectivity index (χ2v) is 3.62. The summed E-state index contributed by atoms with van der Waals surface area (Å²) in [5.41, 5.74) is 1.97. The molecular formula is C11H14N4O. The zero-order valence-electron chi connectivity index (χ0n) is 9.56. The van der Waals surface area contributed by atoms with Crippen molar-refractivity contribution in [3.05, 3.63) is 24.3 Å². The Morgan fingerprint density at radius 1 is 1.19 bits per heavy atom. The number of hydrogen-bond acceptors (Lipinski definition) is 5. The van der Waals surface area contributed by atoms with Crippen molar-refractivity contribution in [3.63, 3.8) is 0 Å². The van der Waals surface area contributed by atoms with Gasteiger partial charge < -0.3 is 14.7 Å². The second-order valence-electron chi connectivity index (χ2n) is 3.62. The summed E-state index contributed by atoms with van der Waals surface area (Å²) in [7, 11) is 5.63. The predicted molar refractivity (Wildman–Crippen MR) is 63.6 cm³/mol. The van der Waals surface area contributed by atoms with Crippen LogP contribution in [0.25, 0.3) is 11.5 Å². The number of nitrogens with one attached hydrogen (secondary N) is 1. The van der Waals surface area contributed by atoms with E-state index in [0.717, 1.165) is 11.3 Å². The lowest BCUT2D eigenvalue weighted by Crippen LogP contribution is -2.09. The van der Waals surface area contributed by atoms with Gasteiger partial charge in [0.2, 0.25) is 0 Å². The van der Waals surface area contributed by atoms with Crippen LogP contribution in [0.2, 0.25) is 0 Å². The SMILES string of the molecule is CNc1ccc(-c2nc(N(C)C)no2)cc1. The molecule has 84 valence electrons. The van der Waals surface area contributed by atoms with Gasteiger partial charge in [-0.05, 0) is 29.4 Å². The molecule has 0 fully saturated rings. The van der Waals surface area contributed by atoms with Gasteiger partial charge in [0.1, 0.15) is 0 Å². The molecule has 0 amide bonds. The highest BCUT2D eigenvalue weighted by Gasteiger charge is 2.09. The molecule has 0 unspecified atom stereocenters. The van der Waals surface area contributed by atoms with Crippen LogP contribution in [-0.2, 0) is 0 Å². The molecule has 0 bridgehead atoms. The van der Waals surface area contributed by atoms with Crippen molar-refractivity contribution >= 4 is 11.6 Å². The van der Waals surface area contributed by atoms with Crippen LogP contribution >= 0.6 is 0 Å². The largest absolute Gasteiger partial charge is 0.388 e. The van der Waals surface area contributed by atoms with E-state index < -0.39 is 0 Å². The fourth-order valence-electron chi connectivity index (χ4n) is 1.29. The van der Waals surface area contributed by atoms with Crippen molar-refractivity contribution in [1.29, 1.82) is 0 Å². The molecule has 0 aliphatic carbocycles. The van der Waals surface area contributed by atoms with Crippen molar-refractivity contribution in [1.82, 2.24) is 10.1 Å². The van der Waals surface area contributed by atoms with Crippen LogP contribution in [0, 0.1) is 0 Å². The van der Waals surface area contributed by atoms with Crippen molar-refractivity contribution in [2.75, 3.05) is 31.4 Å². The first kappa shape index (κ1) is 10.5. The van der Waals surface area contributed by atoms with E-state index >= 15 is 0 Å². The van der Waals surface area contributed by atoms with E-state index in [1.54, 1.807) is 4.90 Å². The predicted octanol–water partition coefficient (Wildman–Crippen LogP) is 1.84. The third-order valence-electron chi connectivity index (χ3n) is 2.24. The summed E-state index contributed by atoms with van der Waals surface area (Å²) in [6, 6.07) is 7.82. The Labute approximate surface area is 94.1 Å². The molecule has 16 heavy (non-hydrogen) atoms. The first-order valence-corrected chi connectivity index (χ1v) is 5.00. The first-order chi connectivity index (χ1) is 7.70. The molecule has 2 rings (SSSR count). The number of aromatic nitrogens is 2. The summed E-state index contributed by atoms with van der Waals surface area (Å²) in [4.78, 5) is 6.06. The second kappa shape index (κ2) is 4.22. The topological polar surface area (TPSA) is 54.2 Å². The van der Waals surface area contributed by atoms with Crippen LogP contribution in [-0.4, -0.2) is 31.3 Å². The van der Waals surface area contributed by atoms with Gasteiger partial charge in [-0.25, -0.2) is 0 Å². The monoisotopic (exact) mass is 218 g/mol. The molecule has 1 N–H and O–H groups in total. The number of benzene rings is 1. The molecule has 0 saturated heterocycles. The summed E-state index contributed by atoms with van der Waals surface area (Å²) in [5, 5.41) is 6.91. The zero-order valence-corrected chi connectivity index (χ0v) is 9.56. The van der Waals surface area contributed by atoms with Crippen LogP contribution in [0.5, 0.6) is 0 Å².